The van der Waals surface area contributed by atoms with Crippen molar-refractivity contribution >= 4 is 45.2 Å². The van der Waals surface area contributed by atoms with Crippen molar-refractivity contribution < 1.29 is 14.7 Å². The number of halogens is 2. The van der Waals surface area contributed by atoms with Crippen molar-refractivity contribution in [2.24, 2.45) is 0 Å². The van der Waals surface area contributed by atoms with Gasteiger partial charge in [0.2, 0.25) is 0 Å². The molecule has 2 N–H and O–H groups in total. The molecule has 0 heterocycles. The Bertz CT molecular complexity index is 529. The summed E-state index contributed by atoms with van der Waals surface area (Å²) < 4.78 is 0.555. The van der Waals surface area contributed by atoms with Crippen LogP contribution >= 0.6 is 27.5 Å². The molecule has 0 aromatic heterocycles. The summed E-state index contributed by atoms with van der Waals surface area (Å²) in [5.41, 5.74) is -0.129. The summed E-state index contributed by atoms with van der Waals surface area (Å²) in [6.45, 7) is 4.92. The van der Waals surface area contributed by atoms with Gasteiger partial charge in [0.1, 0.15) is 6.54 Å². The van der Waals surface area contributed by atoms with Gasteiger partial charge in [-0.1, -0.05) is 17.7 Å². The third-order valence-electron chi connectivity index (χ3n) is 2.54. The number of aliphatic carboxylic acids is 1. The van der Waals surface area contributed by atoms with Crippen LogP contribution in [0.5, 0.6) is 0 Å². The zero-order valence-electron chi connectivity index (χ0n) is 11.4. The number of carboxylic acid groups (broad SMARTS) is 1. The average molecular weight is 364 g/mol. The number of anilines is 1. The van der Waals surface area contributed by atoms with Gasteiger partial charge in [0.25, 0.3) is 0 Å². The lowest BCUT2D eigenvalue weighted by molar-refractivity contribution is -0.138. The summed E-state index contributed by atoms with van der Waals surface area (Å²) in [5, 5.41) is 12.0. The van der Waals surface area contributed by atoms with Crippen molar-refractivity contribution in [2.75, 3.05) is 11.9 Å². The summed E-state index contributed by atoms with van der Waals surface area (Å²) >= 11 is 9.22. The minimum atomic E-state index is -1.07. The van der Waals surface area contributed by atoms with Crippen molar-refractivity contribution in [1.29, 1.82) is 0 Å². The van der Waals surface area contributed by atoms with E-state index in [1.54, 1.807) is 39.0 Å². The second kappa shape index (κ2) is 6.45. The van der Waals surface area contributed by atoms with Gasteiger partial charge < -0.3 is 15.3 Å². The number of carbonyl (C=O) groups excluding carboxylic acids is 1. The SMILES string of the molecule is CC(C)(C)N(CC(=O)O)C(=O)Nc1cccc(Cl)c1Br. The molecule has 0 saturated carbocycles. The lowest BCUT2D eigenvalue weighted by Gasteiger charge is -2.34. The van der Waals surface area contributed by atoms with E-state index in [0.717, 1.165) is 0 Å². The number of hydrogen-bond acceptors (Lipinski definition) is 2. The van der Waals surface area contributed by atoms with Gasteiger partial charge in [-0.2, -0.15) is 0 Å². The highest BCUT2D eigenvalue weighted by atomic mass is 79.9. The van der Waals surface area contributed by atoms with Crippen LogP contribution in [0.2, 0.25) is 5.02 Å². The fourth-order valence-electron chi connectivity index (χ4n) is 1.53. The van der Waals surface area contributed by atoms with Gasteiger partial charge in [-0.15, -0.1) is 0 Å². The van der Waals surface area contributed by atoms with E-state index >= 15 is 0 Å². The van der Waals surface area contributed by atoms with Crippen LogP contribution in [0, 0.1) is 0 Å². The largest absolute Gasteiger partial charge is 0.480 e. The molecule has 110 valence electrons. The number of rotatable bonds is 3. The smallest absolute Gasteiger partial charge is 0.323 e. The fraction of sp³-hybridized carbons (Fsp3) is 0.385. The molecule has 0 spiro atoms. The van der Waals surface area contributed by atoms with Crippen LogP contribution in [-0.2, 0) is 4.79 Å². The Morgan fingerprint density at radius 3 is 2.50 bits per heavy atom. The van der Waals surface area contributed by atoms with E-state index in [0.29, 0.717) is 15.2 Å². The van der Waals surface area contributed by atoms with Crippen LogP contribution in [0.25, 0.3) is 0 Å². The lowest BCUT2D eigenvalue weighted by Crippen LogP contribution is -2.50. The van der Waals surface area contributed by atoms with Crippen molar-refractivity contribution in [3.05, 3.63) is 27.7 Å². The molecule has 0 unspecified atom stereocenters. The molecule has 2 amide bonds. The first-order valence-corrected chi connectivity index (χ1v) is 7.04. The maximum Gasteiger partial charge on any atom is 0.323 e. The van der Waals surface area contributed by atoms with Gasteiger partial charge in [-0.25, -0.2) is 4.79 Å². The van der Waals surface area contributed by atoms with Gasteiger partial charge in [0.05, 0.1) is 15.2 Å². The van der Waals surface area contributed by atoms with Crippen LogP contribution in [0.4, 0.5) is 10.5 Å². The van der Waals surface area contributed by atoms with Gasteiger partial charge in [0, 0.05) is 5.54 Å². The normalized spacial score (nSPS) is 11.1. The van der Waals surface area contributed by atoms with Crippen LogP contribution in [0.3, 0.4) is 0 Å². The molecule has 5 nitrogen and oxygen atoms in total. The van der Waals surface area contributed by atoms with Gasteiger partial charge >= 0.3 is 12.0 Å². The van der Waals surface area contributed by atoms with Crippen molar-refractivity contribution in [1.82, 2.24) is 4.90 Å². The van der Waals surface area contributed by atoms with E-state index in [-0.39, 0.29) is 6.54 Å². The molecule has 0 atom stereocenters. The monoisotopic (exact) mass is 362 g/mol. The molecule has 1 rings (SSSR count). The van der Waals surface area contributed by atoms with Crippen LogP contribution in [0.1, 0.15) is 20.8 Å². The van der Waals surface area contributed by atoms with Gasteiger partial charge in [-0.05, 0) is 48.8 Å². The van der Waals surface area contributed by atoms with Gasteiger partial charge in [0.15, 0.2) is 0 Å². The number of carbonyl (C=O) groups is 2. The van der Waals surface area contributed by atoms with Crippen LogP contribution < -0.4 is 5.32 Å². The van der Waals surface area contributed by atoms with Crippen LogP contribution in [-0.4, -0.2) is 34.1 Å². The second-order valence-electron chi connectivity index (χ2n) is 5.18. The summed E-state index contributed by atoms with van der Waals surface area (Å²) in [6.07, 6.45) is 0. The predicted octanol–water partition coefficient (Wildman–Crippen LogP) is 3.82. The molecule has 20 heavy (non-hydrogen) atoms. The van der Waals surface area contributed by atoms with Crippen molar-refractivity contribution in [3.8, 4) is 0 Å². The Morgan fingerprint density at radius 1 is 1.40 bits per heavy atom. The number of carboxylic acids is 1. The number of benzene rings is 1. The lowest BCUT2D eigenvalue weighted by atomic mass is 10.1. The minimum Gasteiger partial charge on any atom is -0.480 e. The van der Waals surface area contributed by atoms with Crippen molar-refractivity contribution in [2.45, 2.75) is 26.3 Å². The fourth-order valence-corrected chi connectivity index (χ4v) is 2.07. The first kappa shape index (κ1) is 16.8. The van der Waals surface area contributed by atoms with E-state index < -0.39 is 17.5 Å². The van der Waals surface area contributed by atoms with Crippen molar-refractivity contribution in [3.63, 3.8) is 0 Å². The van der Waals surface area contributed by atoms with E-state index in [9.17, 15) is 9.59 Å². The maximum absolute atomic E-state index is 12.2. The summed E-state index contributed by atoms with van der Waals surface area (Å²) in [4.78, 5) is 24.4. The molecule has 1 aromatic carbocycles. The third-order valence-corrected chi connectivity index (χ3v) is 3.94. The molecule has 0 fully saturated rings. The van der Waals surface area contributed by atoms with E-state index in [1.165, 1.54) is 4.90 Å². The molecular formula is C13H16BrClN2O3. The molecule has 0 saturated heterocycles. The number of nitrogens with zero attached hydrogens (tertiary/aromatic N) is 1. The molecule has 0 aliphatic rings. The third kappa shape index (κ3) is 4.38. The summed E-state index contributed by atoms with van der Waals surface area (Å²) in [6, 6.07) is 4.56. The Labute approximate surface area is 131 Å². The van der Waals surface area contributed by atoms with Crippen LogP contribution in [0.15, 0.2) is 22.7 Å². The van der Waals surface area contributed by atoms with E-state index in [2.05, 4.69) is 21.2 Å². The first-order valence-electron chi connectivity index (χ1n) is 5.87. The topological polar surface area (TPSA) is 69.6 Å². The highest BCUT2D eigenvalue weighted by molar-refractivity contribution is 9.10. The maximum atomic E-state index is 12.2. The number of nitrogens with one attached hydrogen (secondary N) is 1. The Hall–Kier alpha value is -1.27. The molecule has 0 aliphatic carbocycles. The van der Waals surface area contributed by atoms with E-state index in [1.807, 2.05) is 0 Å². The predicted molar refractivity (Wildman–Crippen MR) is 82.3 cm³/mol. The average Bonchev–Trinajstić information content (AvgIpc) is 2.30. The minimum absolute atomic E-state index is 0.381. The zero-order chi connectivity index (χ0) is 15.5. The highest BCUT2D eigenvalue weighted by Gasteiger charge is 2.28. The second-order valence-corrected chi connectivity index (χ2v) is 6.38. The van der Waals surface area contributed by atoms with E-state index in [4.69, 9.17) is 16.7 Å². The molecule has 0 bridgehead atoms. The summed E-state index contributed by atoms with van der Waals surface area (Å²) in [7, 11) is 0. The molecule has 0 aliphatic heterocycles. The number of amides is 2. The Kier molecular flexibility index (Phi) is 5.42. The molecular weight excluding hydrogens is 348 g/mol. The standard InChI is InChI=1S/C13H16BrClN2O3/c1-13(2,3)17(7-10(18)19)12(20)16-9-6-4-5-8(15)11(9)14/h4-6H,7H2,1-3H3,(H,16,20)(H,18,19). The quantitative estimate of drug-likeness (QED) is 0.857. The number of hydrogen-bond donors (Lipinski definition) is 2. The number of urea groups is 1. The summed E-state index contributed by atoms with van der Waals surface area (Å²) in [5.74, 6) is -1.07. The Balaban J connectivity index is 2.97. The Morgan fingerprint density at radius 2 is 2.00 bits per heavy atom. The zero-order valence-corrected chi connectivity index (χ0v) is 13.7. The molecule has 1 aromatic rings. The molecule has 7 heteroatoms. The molecule has 0 radical (unpaired) electrons. The first-order chi connectivity index (χ1) is 9.12. The van der Waals surface area contributed by atoms with Gasteiger partial charge in [-0.3, -0.25) is 4.79 Å². The highest BCUT2D eigenvalue weighted by Crippen LogP contribution is 2.30.